The number of carbonyl (C=O) groups excluding carboxylic acids is 1. The highest BCUT2D eigenvalue weighted by atomic mass is 16.6. The van der Waals surface area contributed by atoms with Gasteiger partial charge in [-0.2, -0.15) is 0 Å². The molecule has 0 saturated carbocycles. The Morgan fingerprint density at radius 2 is 1.96 bits per heavy atom. The van der Waals surface area contributed by atoms with E-state index in [1.807, 2.05) is 13.8 Å². The molecule has 0 spiro atoms. The number of cyclic esters (lactones) is 1. The van der Waals surface area contributed by atoms with Crippen molar-refractivity contribution < 1.29 is 29.2 Å². The highest BCUT2D eigenvalue weighted by Gasteiger charge is 2.36. The first kappa shape index (κ1) is 19.8. The summed E-state index contributed by atoms with van der Waals surface area (Å²) >= 11 is 0. The molecular weight excluding hydrogens is 336 g/mol. The van der Waals surface area contributed by atoms with E-state index in [0.717, 1.165) is 45.1 Å². The van der Waals surface area contributed by atoms with Crippen LogP contribution in [0.3, 0.4) is 0 Å². The molecule has 148 valence electrons. The molecule has 6 heteroatoms. The molecule has 0 aliphatic carbocycles. The van der Waals surface area contributed by atoms with Crippen LogP contribution in [0.1, 0.15) is 58.8 Å². The zero-order chi connectivity index (χ0) is 18.7. The van der Waals surface area contributed by atoms with Crippen molar-refractivity contribution >= 4 is 5.97 Å². The Labute approximate surface area is 155 Å². The van der Waals surface area contributed by atoms with Crippen LogP contribution in [0.25, 0.3) is 0 Å². The van der Waals surface area contributed by atoms with E-state index in [-0.39, 0.29) is 12.2 Å². The summed E-state index contributed by atoms with van der Waals surface area (Å²) in [5.41, 5.74) is -0.0908. The third-order valence-corrected chi connectivity index (χ3v) is 5.96. The maximum absolute atomic E-state index is 11.1. The first-order valence-electron chi connectivity index (χ1n) is 9.87. The number of hydrogen-bond donors (Lipinski definition) is 2. The molecule has 2 fully saturated rings. The van der Waals surface area contributed by atoms with Gasteiger partial charge >= 0.3 is 5.97 Å². The SMILES string of the molecule is CC(C)(O)[C@@H]1CC[C@@H]([C@@H]2CC[C@@H](CCCC3=CC(=O)O[C@H]3O)CO2)CO1. The van der Waals surface area contributed by atoms with E-state index in [1.54, 1.807) is 0 Å². The molecule has 2 saturated heterocycles. The van der Waals surface area contributed by atoms with E-state index in [1.165, 1.54) is 6.08 Å². The van der Waals surface area contributed by atoms with Gasteiger partial charge in [0.05, 0.1) is 24.4 Å². The molecule has 2 N–H and O–H groups in total. The van der Waals surface area contributed by atoms with Gasteiger partial charge in [-0.1, -0.05) is 0 Å². The number of aliphatic hydroxyl groups is 2. The summed E-state index contributed by atoms with van der Waals surface area (Å²) in [5.74, 6) is 0.519. The van der Waals surface area contributed by atoms with Gasteiger partial charge in [0.1, 0.15) is 0 Å². The third kappa shape index (κ3) is 5.06. The summed E-state index contributed by atoms with van der Waals surface area (Å²) in [7, 11) is 0. The quantitative estimate of drug-likeness (QED) is 0.700. The molecule has 3 aliphatic rings. The first-order valence-corrected chi connectivity index (χ1v) is 9.87. The second-order valence-electron chi connectivity index (χ2n) is 8.53. The molecule has 3 aliphatic heterocycles. The summed E-state index contributed by atoms with van der Waals surface area (Å²) in [6.45, 7) is 5.06. The van der Waals surface area contributed by atoms with Gasteiger partial charge in [-0.15, -0.1) is 0 Å². The summed E-state index contributed by atoms with van der Waals surface area (Å²) in [4.78, 5) is 11.1. The van der Waals surface area contributed by atoms with E-state index >= 15 is 0 Å². The standard InChI is InChI=1S/C20H32O6/c1-20(2,23)17-9-7-15(12-25-17)16-8-6-13(11-24-16)4-3-5-14-10-18(21)26-19(14)22/h10,13,15-17,19,22-23H,3-9,11-12H2,1-2H3/t13-,15-,16+,17+,19-/m1/s1. The maximum Gasteiger partial charge on any atom is 0.333 e. The summed E-state index contributed by atoms with van der Waals surface area (Å²) in [6.07, 6.45) is 7.33. The largest absolute Gasteiger partial charge is 0.429 e. The van der Waals surface area contributed by atoms with Crippen LogP contribution in [0.4, 0.5) is 0 Å². The zero-order valence-electron chi connectivity index (χ0n) is 15.9. The normalized spacial score (nSPS) is 35.9. The number of aliphatic hydroxyl groups excluding tert-OH is 1. The van der Waals surface area contributed by atoms with Gasteiger partial charge in [-0.25, -0.2) is 4.79 Å². The summed E-state index contributed by atoms with van der Waals surface area (Å²) in [5, 5.41) is 19.6. The van der Waals surface area contributed by atoms with Crippen molar-refractivity contribution in [3.63, 3.8) is 0 Å². The van der Waals surface area contributed by atoms with E-state index < -0.39 is 17.9 Å². The van der Waals surface area contributed by atoms with Gasteiger partial charge in [0.25, 0.3) is 0 Å². The number of hydrogen-bond acceptors (Lipinski definition) is 6. The van der Waals surface area contributed by atoms with Gasteiger partial charge in [-0.3, -0.25) is 0 Å². The molecule has 0 radical (unpaired) electrons. The Kier molecular flexibility index (Phi) is 6.38. The number of esters is 1. The van der Waals surface area contributed by atoms with Crippen LogP contribution in [-0.4, -0.2) is 53.5 Å². The molecule has 3 heterocycles. The second kappa shape index (κ2) is 8.38. The Hall–Kier alpha value is -0.950. The maximum atomic E-state index is 11.1. The van der Waals surface area contributed by atoms with Gasteiger partial charge < -0.3 is 24.4 Å². The molecule has 0 unspecified atom stereocenters. The van der Waals surface area contributed by atoms with Crippen LogP contribution in [0.5, 0.6) is 0 Å². The lowest BCUT2D eigenvalue weighted by molar-refractivity contribution is -0.151. The second-order valence-corrected chi connectivity index (χ2v) is 8.53. The lowest BCUT2D eigenvalue weighted by atomic mass is 9.83. The van der Waals surface area contributed by atoms with Crippen LogP contribution in [0, 0.1) is 11.8 Å². The Balaban J connectivity index is 1.33. The molecule has 0 aromatic rings. The summed E-state index contributed by atoms with van der Waals surface area (Å²) < 4.78 is 16.7. The third-order valence-electron chi connectivity index (χ3n) is 5.96. The van der Waals surface area contributed by atoms with Gasteiger partial charge in [0, 0.05) is 24.2 Å². The highest BCUT2D eigenvalue weighted by molar-refractivity contribution is 5.85. The zero-order valence-corrected chi connectivity index (χ0v) is 15.9. The minimum atomic E-state index is -1.05. The van der Waals surface area contributed by atoms with Crippen molar-refractivity contribution in [2.24, 2.45) is 11.8 Å². The Morgan fingerprint density at radius 3 is 2.50 bits per heavy atom. The molecule has 5 atom stereocenters. The van der Waals surface area contributed by atoms with Crippen molar-refractivity contribution in [1.29, 1.82) is 0 Å². The van der Waals surface area contributed by atoms with E-state index in [4.69, 9.17) is 14.2 Å². The fourth-order valence-electron chi connectivity index (χ4n) is 4.28. The van der Waals surface area contributed by atoms with E-state index in [0.29, 0.717) is 30.4 Å². The molecule has 0 aromatic heterocycles. The van der Waals surface area contributed by atoms with Crippen LogP contribution >= 0.6 is 0 Å². The number of rotatable bonds is 6. The molecular formula is C20H32O6. The number of ether oxygens (including phenoxy) is 3. The van der Waals surface area contributed by atoms with Gasteiger partial charge in [-0.05, 0) is 64.7 Å². The topological polar surface area (TPSA) is 85.2 Å². The predicted octanol–water partition coefficient (Wildman–Crippen LogP) is 2.32. The first-order chi connectivity index (χ1) is 12.3. The Morgan fingerprint density at radius 1 is 1.15 bits per heavy atom. The van der Waals surface area contributed by atoms with Crippen LogP contribution in [0.15, 0.2) is 11.6 Å². The Bertz CT molecular complexity index is 507. The van der Waals surface area contributed by atoms with Gasteiger partial charge in [0.15, 0.2) is 0 Å². The van der Waals surface area contributed by atoms with Crippen LogP contribution < -0.4 is 0 Å². The average molecular weight is 368 g/mol. The highest BCUT2D eigenvalue weighted by Crippen LogP contribution is 2.34. The molecule has 0 aromatic carbocycles. The predicted molar refractivity (Wildman–Crippen MR) is 95.3 cm³/mol. The molecule has 3 rings (SSSR count). The average Bonchev–Trinajstić information content (AvgIpc) is 2.92. The monoisotopic (exact) mass is 368 g/mol. The molecule has 6 nitrogen and oxygen atoms in total. The smallest absolute Gasteiger partial charge is 0.333 e. The summed E-state index contributed by atoms with van der Waals surface area (Å²) in [6, 6.07) is 0. The van der Waals surface area contributed by atoms with Crippen LogP contribution in [-0.2, 0) is 19.0 Å². The van der Waals surface area contributed by atoms with E-state index in [9.17, 15) is 15.0 Å². The van der Waals surface area contributed by atoms with Crippen LogP contribution in [0.2, 0.25) is 0 Å². The number of carbonyl (C=O) groups is 1. The van der Waals surface area contributed by atoms with Gasteiger partial charge in [0.2, 0.25) is 6.29 Å². The molecule has 0 amide bonds. The van der Waals surface area contributed by atoms with Crippen molar-refractivity contribution in [3.05, 3.63) is 11.6 Å². The minimum Gasteiger partial charge on any atom is -0.429 e. The fraction of sp³-hybridized carbons (Fsp3) is 0.850. The van der Waals surface area contributed by atoms with Crippen molar-refractivity contribution in [2.45, 2.75) is 82.9 Å². The lowest BCUT2D eigenvalue weighted by Crippen LogP contribution is -2.45. The van der Waals surface area contributed by atoms with E-state index in [2.05, 4.69) is 0 Å². The minimum absolute atomic E-state index is 0.0776. The van der Waals surface area contributed by atoms with Crippen molar-refractivity contribution in [2.75, 3.05) is 13.2 Å². The molecule has 26 heavy (non-hydrogen) atoms. The fourth-order valence-corrected chi connectivity index (χ4v) is 4.28. The van der Waals surface area contributed by atoms with Crippen molar-refractivity contribution in [3.8, 4) is 0 Å². The van der Waals surface area contributed by atoms with Crippen molar-refractivity contribution in [1.82, 2.24) is 0 Å². The molecule has 0 bridgehead atoms. The lowest BCUT2D eigenvalue weighted by Gasteiger charge is -2.40.